The van der Waals surface area contributed by atoms with Gasteiger partial charge in [-0.3, -0.25) is 15.1 Å². The van der Waals surface area contributed by atoms with Gasteiger partial charge in [-0.2, -0.15) is 0 Å². The zero-order chi connectivity index (χ0) is 29.3. The smallest absolute Gasteiger partial charge is 0.411 e. The molecule has 10 nitrogen and oxygen atoms in total. The van der Waals surface area contributed by atoms with Crippen molar-refractivity contribution in [2.75, 3.05) is 12.4 Å². The van der Waals surface area contributed by atoms with Gasteiger partial charge in [0, 0.05) is 23.3 Å². The van der Waals surface area contributed by atoms with E-state index in [9.17, 15) is 9.59 Å². The lowest BCUT2D eigenvalue weighted by Crippen LogP contribution is -2.30. The first-order chi connectivity index (χ1) is 20.5. The maximum atomic E-state index is 13.3. The Labute approximate surface area is 247 Å². The molecule has 0 aliphatic carbocycles. The van der Waals surface area contributed by atoms with Crippen molar-refractivity contribution in [1.82, 2.24) is 30.5 Å². The predicted molar refractivity (Wildman–Crippen MR) is 159 cm³/mol. The molecule has 0 saturated carbocycles. The number of anilines is 1. The molecule has 0 radical (unpaired) electrons. The molecular formula is C31H28ClN7O3. The molecule has 1 atom stereocenters. The van der Waals surface area contributed by atoms with Crippen LogP contribution < -0.4 is 10.6 Å². The molecule has 2 amide bonds. The van der Waals surface area contributed by atoms with E-state index in [0.29, 0.717) is 23.6 Å². The highest BCUT2D eigenvalue weighted by Gasteiger charge is 2.19. The highest BCUT2D eigenvalue weighted by Crippen LogP contribution is 2.26. The number of aromatic nitrogens is 5. The fourth-order valence-corrected chi connectivity index (χ4v) is 4.77. The van der Waals surface area contributed by atoms with E-state index in [-0.39, 0.29) is 18.4 Å². The van der Waals surface area contributed by atoms with Crippen LogP contribution in [0.5, 0.6) is 0 Å². The van der Waals surface area contributed by atoms with Crippen molar-refractivity contribution >= 4 is 29.3 Å². The van der Waals surface area contributed by atoms with E-state index in [1.807, 2.05) is 66.7 Å². The van der Waals surface area contributed by atoms with Crippen molar-refractivity contribution in [2.24, 2.45) is 0 Å². The van der Waals surface area contributed by atoms with Crippen molar-refractivity contribution < 1.29 is 14.3 Å². The summed E-state index contributed by atoms with van der Waals surface area (Å²) in [5, 5.41) is 17.8. The second kappa shape index (κ2) is 13.5. The van der Waals surface area contributed by atoms with Crippen molar-refractivity contribution in [3.05, 3.63) is 119 Å². The van der Waals surface area contributed by atoms with Crippen LogP contribution in [0.15, 0.2) is 97.5 Å². The second-order valence-corrected chi connectivity index (χ2v) is 9.94. The molecule has 2 heterocycles. The Kier molecular flexibility index (Phi) is 9.15. The van der Waals surface area contributed by atoms with E-state index >= 15 is 0 Å². The van der Waals surface area contributed by atoms with Gasteiger partial charge in [-0.15, -0.1) is 5.10 Å². The number of amides is 2. The lowest BCUT2D eigenvalue weighted by Gasteiger charge is -2.20. The molecular weight excluding hydrogens is 554 g/mol. The first-order valence-electron chi connectivity index (χ1n) is 13.2. The van der Waals surface area contributed by atoms with Crippen LogP contribution in [-0.4, -0.2) is 44.3 Å². The van der Waals surface area contributed by atoms with Crippen LogP contribution >= 0.6 is 11.6 Å². The van der Waals surface area contributed by atoms with Gasteiger partial charge < -0.3 is 10.1 Å². The zero-order valence-electron chi connectivity index (χ0n) is 22.8. The number of aryl methyl sites for hydroxylation is 1. The summed E-state index contributed by atoms with van der Waals surface area (Å²) in [4.78, 5) is 29.5. The highest BCUT2D eigenvalue weighted by molar-refractivity contribution is 6.30. The lowest BCUT2D eigenvalue weighted by molar-refractivity contribution is -0.121. The first kappa shape index (κ1) is 28.4. The number of hydrogen-bond donors (Lipinski definition) is 2. The molecule has 3 aromatic carbocycles. The molecule has 0 aliphatic rings. The average molecular weight is 582 g/mol. The Morgan fingerprint density at radius 3 is 2.52 bits per heavy atom. The number of rotatable bonds is 10. The summed E-state index contributed by atoms with van der Waals surface area (Å²) >= 11 is 6.26. The Morgan fingerprint density at radius 2 is 1.79 bits per heavy atom. The Bertz CT molecular complexity index is 1650. The summed E-state index contributed by atoms with van der Waals surface area (Å²) in [6.07, 6.45) is 3.95. The van der Waals surface area contributed by atoms with Gasteiger partial charge in [0.15, 0.2) is 0 Å². The SMILES string of the molecule is COC(=O)Nc1ccc(-c2ccnc([C@H](Cc3ccccc3)NC(=O)CCc3cc(Cl)ccc3-n3cnnn3)c2)cc1. The Hall–Kier alpha value is -5.09. The van der Waals surface area contributed by atoms with Crippen molar-refractivity contribution in [2.45, 2.75) is 25.3 Å². The number of tetrazole rings is 1. The molecule has 2 N–H and O–H groups in total. The molecule has 5 aromatic rings. The summed E-state index contributed by atoms with van der Waals surface area (Å²) in [7, 11) is 1.32. The summed E-state index contributed by atoms with van der Waals surface area (Å²) in [6.45, 7) is 0. The molecule has 0 aliphatic heterocycles. The average Bonchev–Trinajstić information content (AvgIpc) is 3.56. The van der Waals surface area contributed by atoms with E-state index in [1.165, 1.54) is 13.4 Å². The van der Waals surface area contributed by atoms with Crippen LogP contribution in [0.4, 0.5) is 10.5 Å². The van der Waals surface area contributed by atoms with E-state index in [2.05, 4.69) is 35.9 Å². The second-order valence-electron chi connectivity index (χ2n) is 9.50. The number of carbonyl (C=O) groups is 2. The third-order valence-electron chi connectivity index (χ3n) is 6.66. The summed E-state index contributed by atoms with van der Waals surface area (Å²) in [6, 6.07) is 26.3. The molecule has 11 heteroatoms. The number of hydrogen-bond acceptors (Lipinski definition) is 7. The highest BCUT2D eigenvalue weighted by atomic mass is 35.5. The molecule has 212 valence electrons. The van der Waals surface area contributed by atoms with Gasteiger partial charge in [0.25, 0.3) is 0 Å². The summed E-state index contributed by atoms with van der Waals surface area (Å²) in [5.41, 5.74) is 5.92. The van der Waals surface area contributed by atoms with Crippen molar-refractivity contribution in [3.8, 4) is 16.8 Å². The number of pyridine rings is 1. The predicted octanol–water partition coefficient (Wildman–Crippen LogP) is 5.59. The lowest BCUT2D eigenvalue weighted by atomic mass is 9.99. The van der Waals surface area contributed by atoms with E-state index in [0.717, 1.165) is 33.6 Å². The maximum Gasteiger partial charge on any atom is 0.411 e. The third-order valence-corrected chi connectivity index (χ3v) is 6.90. The number of benzene rings is 3. The number of halogens is 1. The minimum atomic E-state index is -0.532. The van der Waals surface area contributed by atoms with Gasteiger partial charge in [-0.25, -0.2) is 9.48 Å². The number of ether oxygens (including phenoxy) is 1. The van der Waals surface area contributed by atoms with E-state index in [4.69, 9.17) is 11.6 Å². The minimum absolute atomic E-state index is 0.121. The maximum absolute atomic E-state index is 13.3. The topological polar surface area (TPSA) is 124 Å². The monoisotopic (exact) mass is 581 g/mol. The molecule has 0 spiro atoms. The van der Waals surface area contributed by atoms with E-state index < -0.39 is 6.09 Å². The van der Waals surface area contributed by atoms with Crippen LogP contribution in [0.25, 0.3) is 16.8 Å². The number of carbonyl (C=O) groups excluding carboxylic acids is 2. The van der Waals surface area contributed by atoms with Gasteiger partial charge >= 0.3 is 6.09 Å². The fraction of sp³-hybridized carbons (Fsp3) is 0.161. The van der Waals surface area contributed by atoms with Gasteiger partial charge in [0.1, 0.15) is 6.33 Å². The van der Waals surface area contributed by atoms with Crippen LogP contribution in [-0.2, 0) is 22.4 Å². The van der Waals surface area contributed by atoms with Crippen LogP contribution in [0.1, 0.15) is 29.3 Å². The molecule has 42 heavy (non-hydrogen) atoms. The van der Waals surface area contributed by atoms with Gasteiger partial charge in [-0.1, -0.05) is 54.1 Å². The number of nitrogens with zero attached hydrogens (tertiary/aromatic N) is 5. The van der Waals surface area contributed by atoms with Crippen LogP contribution in [0, 0.1) is 0 Å². The van der Waals surface area contributed by atoms with E-state index in [1.54, 1.807) is 29.1 Å². The Morgan fingerprint density at radius 1 is 0.976 bits per heavy atom. The quantitative estimate of drug-likeness (QED) is 0.220. The molecule has 2 aromatic heterocycles. The fourth-order valence-electron chi connectivity index (χ4n) is 4.58. The van der Waals surface area contributed by atoms with Gasteiger partial charge in [0.2, 0.25) is 5.91 Å². The number of methoxy groups -OCH3 is 1. The van der Waals surface area contributed by atoms with Gasteiger partial charge in [0.05, 0.1) is 24.5 Å². The normalized spacial score (nSPS) is 11.5. The minimum Gasteiger partial charge on any atom is -0.453 e. The summed E-state index contributed by atoms with van der Waals surface area (Å²) in [5.74, 6) is -0.121. The number of nitrogens with one attached hydrogen (secondary N) is 2. The van der Waals surface area contributed by atoms with Crippen LogP contribution in [0.3, 0.4) is 0 Å². The van der Waals surface area contributed by atoms with Crippen LogP contribution in [0.2, 0.25) is 5.02 Å². The summed E-state index contributed by atoms with van der Waals surface area (Å²) < 4.78 is 6.21. The van der Waals surface area contributed by atoms with Crippen molar-refractivity contribution in [3.63, 3.8) is 0 Å². The standard InChI is InChI=1S/C31H28ClN7O3/c1-42-31(41)35-26-11-7-22(8-12-26)23-15-16-33-27(19-23)28(17-21-5-3-2-4-6-21)36-30(40)14-9-24-18-25(32)10-13-29(24)39-20-34-37-38-39/h2-8,10-13,15-16,18-20,28H,9,14,17H2,1H3,(H,35,41)(H,36,40)/t28-/m0/s1. The third kappa shape index (κ3) is 7.35. The Balaban J connectivity index is 1.34. The molecule has 0 unspecified atom stereocenters. The van der Waals surface area contributed by atoms with Crippen molar-refractivity contribution in [1.29, 1.82) is 0 Å². The first-order valence-corrected chi connectivity index (χ1v) is 13.6. The zero-order valence-corrected chi connectivity index (χ0v) is 23.5. The molecule has 0 fully saturated rings. The molecule has 0 saturated heterocycles. The van der Waals surface area contributed by atoms with Gasteiger partial charge in [-0.05, 0) is 88.0 Å². The molecule has 5 rings (SSSR count). The largest absolute Gasteiger partial charge is 0.453 e. The molecule has 0 bridgehead atoms.